The van der Waals surface area contributed by atoms with Gasteiger partial charge >= 0.3 is 0 Å². The molecule has 4 fully saturated rings. The van der Waals surface area contributed by atoms with Crippen molar-refractivity contribution in [3.63, 3.8) is 0 Å². The summed E-state index contributed by atoms with van der Waals surface area (Å²) in [6.45, 7) is 2.15. The summed E-state index contributed by atoms with van der Waals surface area (Å²) < 4.78 is 33.2. The lowest BCUT2D eigenvalue weighted by Crippen LogP contribution is -2.48. The Kier molecular flexibility index (Phi) is 8.44. The lowest BCUT2D eigenvalue weighted by Gasteiger charge is -2.33. The Hall–Kier alpha value is -2.37. The molecular weight excluding hydrogens is 508 g/mol. The second-order valence-electron chi connectivity index (χ2n) is 11.1. The number of carbonyl (C=O) groups excluding carboxylic acids is 3. The standard InChI is InChI=1S/C27H38N4O6S/c32-24-18-31(38(35,36)19-22-8-4-5-10-28-22)23-9-11-30(26(23)24)27(34)21(16-20-6-2-1-3-7-20)17-25(33)29-12-14-37-15-13-29/h4-5,8,10,20-21,23,26H,1-3,6-7,9,11-19H2. The van der Waals surface area contributed by atoms with E-state index in [1.54, 1.807) is 34.2 Å². The fourth-order valence-corrected chi connectivity index (χ4v) is 8.29. The van der Waals surface area contributed by atoms with Crippen molar-refractivity contribution in [1.82, 2.24) is 19.1 Å². The number of ketones is 1. The summed E-state index contributed by atoms with van der Waals surface area (Å²) in [6, 6.07) is 3.76. The van der Waals surface area contributed by atoms with Crippen molar-refractivity contribution >= 4 is 27.6 Å². The molecule has 2 amide bonds. The molecule has 0 bridgehead atoms. The average molecular weight is 547 g/mol. The number of hydrogen-bond donors (Lipinski definition) is 0. The Morgan fingerprint density at radius 3 is 2.53 bits per heavy atom. The number of aromatic nitrogens is 1. The van der Waals surface area contributed by atoms with E-state index in [9.17, 15) is 22.8 Å². The molecule has 3 saturated heterocycles. The summed E-state index contributed by atoms with van der Waals surface area (Å²) in [5.41, 5.74) is 0.420. The van der Waals surface area contributed by atoms with Gasteiger partial charge in [0, 0.05) is 38.2 Å². The van der Waals surface area contributed by atoms with E-state index in [1.165, 1.54) is 10.7 Å². The molecule has 3 unspecified atom stereocenters. The third kappa shape index (κ3) is 5.94. The van der Waals surface area contributed by atoms with Crippen LogP contribution in [0.2, 0.25) is 0 Å². The van der Waals surface area contributed by atoms with E-state index in [2.05, 4.69) is 4.98 Å². The number of pyridine rings is 1. The van der Waals surface area contributed by atoms with Gasteiger partial charge in [-0.1, -0.05) is 38.2 Å². The minimum atomic E-state index is -3.79. The molecule has 10 nitrogen and oxygen atoms in total. The van der Waals surface area contributed by atoms with E-state index < -0.39 is 28.0 Å². The van der Waals surface area contributed by atoms with Crippen LogP contribution in [0.5, 0.6) is 0 Å². The van der Waals surface area contributed by atoms with Crippen molar-refractivity contribution in [2.75, 3.05) is 39.4 Å². The number of fused-ring (bicyclic) bond motifs is 1. The molecule has 38 heavy (non-hydrogen) atoms. The maximum atomic E-state index is 14.0. The zero-order valence-corrected chi connectivity index (χ0v) is 22.7. The second-order valence-corrected chi connectivity index (χ2v) is 13.0. The highest BCUT2D eigenvalue weighted by atomic mass is 32.2. The number of hydrogen-bond acceptors (Lipinski definition) is 7. The predicted octanol–water partition coefficient (Wildman–Crippen LogP) is 1.60. The van der Waals surface area contributed by atoms with E-state index >= 15 is 0 Å². The molecule has 1 aliphatic carbocycles. The number of sulfonamides is 1. The van der Waals surface area contributed by atoms with Crippen LogP contribution in [-0.2, 0) is 34.9 Å². The van der Waals surface area contributed by atoms with Crippen molar-refractivity contribution in [1.29, 1.82) is 0 Å². The minimum Gasteiger partial charge on any atom is -0.378 e. The maximum absolute atomic E-state index is 14.0. The molecule has 4 aliphatic rings. The summed E-state index contributed by atoms with van der Waals surface area (Å²) in [4.78, 5) is 47.8. The molecule has 208 valence electrons. The smallest absolute Gasteiger partial charge is 0.226 e. The van der Waals surface area contributed by atoms with Crippen molar-refractivity contribution in [3.8, 4) is 0 Å². The predicted molar refractivity (Wildman–Crippen MR) is 139 cm³/mol. The van der Waals surface area contributed by atoms with Crippen molar-refractivity contribution in [2.45, 2.75) is 69.2 Å². The third-order valence-electron chi connectivity index (χ3n) is 8.55. The zero-order chi connectivity index (χ0) is 26.7. The molecule has 1 aromatic rings. The Morgan fingerprint density at radius 1 is 1.05 bits per heavy atom. The average Bonchev–Trinajstić information content (AvgIpc) is 3.51. The first kappa shape index (κ1) is 27.2. The summed E-state index contributed by atoms with van der Waals surface area (Å²) in [5.74, 6) is -0.863. The largest absolute Gasteiger partial charge is 0.378 e. The Balaban J connectivity index is 1.31. The molecular formula is C27H38N4O6S. The van der Waals surface area contributed by atoms with Gasteiger partial charge in [-0.3, -0.25) is 19.4 Å². The lowest BCUT2D eigenvalue weighted by molar-refractivity contribution is -0.145. The minimum absolute atomic E-state index is 0.0458. The molecule has 4 heterocycles. The van der Waals surface area contributed by atoms with E-state index in [0.717, 1.165) is 25.7 Å². The van der Waals surface area contributed by atoms with Crippen LogP contribution in [0, 0.1) is 11.8 Å². The molecule has 0 radical (unpaired) electrons. The number of likely N-dealkylation sites (tertiary alicyclic amines) is 1. The van der Waals surface area contributed by atoms with Gasteiger partial charge in [0.05, 0.1) is 31.5 Å². The van der Waals surface area contributed by atoms with Gasteiger partial charge in [-0.05, 0) is 30.9 Å². The summed E-state index contributed by atoms with van der Waals surface area (Å²) in [6.07, 6.45) is 8.31. The fraction of sp³-hybridized carbons (Fsp3) is 0.704. The molecule has 1 saturated carbocycles. The van der Waals surface area contributed by atoms with Crippen LogP contribution in [-0.4, -0.2) is 96.6 Å². The number of amides is 2. The first-order chi connectivity index (χ1) is 18.3. The molecule has 3 atom stereocenters. The zero-order valence-electron chi connectivity index (χ0n) is 21.9. The molecule has 1 aromatic heterocycles. The van der Waals surface area contributed by atoms with Gasteiger partial charge in [-0.2, -0.15) is 4.31 Å². The number of rotatable bonds is 8. The number of nitrogens with zero attached hydrogens (tertiary/aromatic N) is 4. The maximum Gasteiger partial charge on any atom is 0.226 e. The summed E-state index contributed by atoms with van der Waals surface area (Å²) >= 11 is 0. The highest BCUT2D eigenvalue weighted by Gasteiger charge is 2.54. The van der Waals surface area contributed by atoms with E-state index in [4.69, 9.17) is 4.74 Å². The molecule has 3 aliphatic heterocycles. The van der Waals surface area contributed by atoms with Gasteiger partial charge in [0.15, 0.2) is 5.78 Å². The first-order valence-electron chi connectivity index (χ1n) is 13.9. The Labute approximate surface area is 224 Å². The van der Waals surface area contributed by atoms with Crippen molar-refractivity contribution in [3.05, 3.63) is 30.1 Å². The number of Topliss-reactive ketones (excluding diaryl/α,β-unsaturated/α-hetero) is 1. The Morgan fingerprint density at radius 2 is 1.82 bits per heavy atom. The molecule has 0 N–H and O–H groups in total. The van der Waals surface area contributed by atoms with Crippen LogP contribution >= 0.6 is 0 Å². The van der Waals surface area contributed by atoms with Crippen LogP contribution < -0.4 is 0 Å². The van der Waals surface area contributed by atoms with Crippen LogP contribution in [0.25, 0.3) is 0 Å². The van der Waals surface area contributed by atoms with E-state index in [1.807, 2.05) is 0 Å². The molecule has 0 aromatic carbocycles. The van der Waals surface area contributed by atoms with Crippen LogP contribution in [0.1, 0.15) is 57.1 Å². The van der Waals surface area contributed by atoms with Gasteiger partial charge in [-0.15, -0.1) is 0 Å². The summed E-state index contributed by atoms with van der Waals surface area (Å²) in [5, 5.41) is 0. The lowest BCUT2D eigenvalue weighted by atomic mass is 9.81. The molecule has 0 spiro atoms. The number of morpholine rings is 1. The second kappa shape index (κ2) is 11.8. The monoisotopic (exact) mass is 546 g/mol. The van der Waals surface area contributed by atoms with Crippen LogP contribution in [0.3, 0.4) is 0 Å². The number of carbonyl (C=O) groups is 3. The van der Waals surface area contributed by atoms with Gasteiger partial charge in [-0.25, -0.2) is 8.42 Å². The van der Waals surface area contributed by atoms with Crippen LogP contribution in [0.4, 0.5) is 0 Å². The third-order valence-corrected chi connectivity index (χ3v) is 10.3. The van der Waals surface area contributed by atoms with Gasteiger partial charge in [0.25, 0.3) is 0 Å². The van der Waals surface area contributed by atoms with Crippen LogP contribution in [0.15, 0.2) is 24.4 Å². The molecule has 11 heteroatoms. The van der Waals surface area contributed by atoms with Gasteiger partial charge in [0.2, 0.25) is 21.8 Å². The topological polar surface area (TPSA) is 117 Å². The fourth-order valence-electron chi connectivity index (χ4n) is 6.62. The van der Waals surface area contributed by atoms with Crippen molar-refractivity contribution in [2.24, 2.45) is 11.8 Å². The van der Waals surface area contributed by atoms with E-state index in [-0.39, 0.29) is 36.3 Å². The van der Waals surface area contributed by atoms with Gasteiger partial charge in [0.1, 0.15) is 11.8 Å². The van der Waals surface area contributed by atoms with Gasteiger partial charge < -0.3 is 14.5 Å². The normalized spacial score (nSPS) is 25.9. The highest BCUT2D eigenvalue weighted by Crippen LogP contribution is 2.36. The quantitative estimate of drug-likeness (QED) is 0.486. The van der Waals surface area contributed by atoms with E-state index in [0.29, 0.717) is 57.3 Å². The number of ether oxygens (including phenoxy) is 1. The highest BCUT2D eigenvalue weighted by molar-refractivity contribution is 7.88. The molecule has 5 rings (SSSR count). The Bertz CT molecular complexity index is 1120. The summed E-state index contributed by atoms with van der Waals surface area (Å²) in [7, 11) is -3.79. The first-order valence-corrected chi connectivity index (χ1v) is 15.5. The SMILES string of the molecule is O=C1CN(S(=O)(=O)Cc2ccccn2)C2CCN(C(=O)C(CC(=O)N3CCOCC3)CC3CCCCC3)C12. The van der Waals surface area contributed by atoms with Crippen molar-refractivity contribution < 1.29 is 27.5 Å².